The van der Waals surface area contributed by atoms with Crippen molar-refractivity contribution < 1.29 is 9.18 Å². The van der Waals surface area contributed by atoms with E-state index in [9.17, 15) is 23.6 Å². The van der Waals surface area contributed by atoms with Gasteiger partial charge in [-0.05, 0) is 17.7 Å². The van der Waals surface area contributed by atoms with Crippen LogP contribution in [0.1, 0.15) is 5.56 Å². The summed E-state index contributed by atoms with van der Waals surface area (Å²) in [6.07, 6.45) is 4.17. The summed E-state index contributed by atoms with van der Waals surface area (Å²) in [5.41, 5.74) is 0.147. The molecule has 14 heteroatoms. The summed E-state index contributed by atoms with van der Waals surface area (Å²) in [7, 11) is 2.86. The molecule has 0 aliphatic heterocycles. The normalized spacial score (nSPS) is 11.4. The lowest BCUT2D eigenvalue weighted by Crippen LogP contribution is -2.38. The summed E-state index contributed by atoms with van der Waals surface area (Å²) in [6, 6.07) is 5.86. The third-order valence-corrected chi connectivity index (χ3v) is 6.07. The Balaban J connectivity index is 1.26. The maximum absolute atomic E-state index is 13.1. The van der Waals surface area contributed by atoms with Crippen LogP contribution in [0.5, 0.6) is 0 Å². The number of imidazole rings is 1. The molecule has 0 saturated heterocycles. The molecule has 1 aromatic carbocycles. The highest BCUT2D eigenvalue weighted by molar-refractivity contribution is 5.79. The van der Waals surface area contributed by atoms with Crippen molar-refractivity contribution in [1.82, 2.24) is 43.3 Å². The van der Waals surface area contributed by atoms with Crippen molar-refractivity contribution in [2.45, 2.75) is 19.6 Å². The molecule has 0 radical (unpaired) electrons. The molecule has 0 spiro atoms. The molecule has 5 rings (SSSR count). The molecule has 1 amide bonds. The Morgan fingerprint density at radius 2 is 1.65 bits per heavy atom. The average Bonchev–Trinajstić information content (AvgIpc) is 3.49. The van der Waals surface area contributed by atoms with Gasteiger partial charge in [-0.1, -0.05) is 12.1 Å². The average molecular weight is 507 g/mol. The molecule has 0 unspecified atom stereocenters. The molecule has 0 fully saturated rings. The molecular formula is C23H22FN9O4. The number of carbonyl (C=O) groups excluding carboxylic acids is 1. The minimum Gasteiger partial charge on any atom is -0.353 e. The van der Waals surface area contributed by atoms with Crippen LogP contribution in [0.25, 0.3) is 22.2 Å². The van der Waals surface area contributed by atoms with Crippen LogP contribution in [0.3, 0.4) is 0 Å². The molecule has 0 aliphatic carbocycles. The molecule has 0 saturated carbocycles. The zero-order chi connectivity index (χ0) is 26.3. The van der Waals surface area contributed by atoms with E-state index in [1.807, 2.05) is 0 Å². The van der Waals surface area contributed by atoms with E-state index < -0.39 is 11.2 Å². The summed E-state index contributed by atoms with van der Waals surface area (Å²) in [5.74, 6) is -0.728. The largest absolute Gasteiger partial charge is 0.353 e. The Hall–Kier alpha value is -4.88. The van der Waals surface area contributed by atoms with Crippen molar-refractivity contribution in [1.29, 1.82) is 0 Å². The van der Waals surface area contributed by atoms with E-state index in [1.165, 1.54) is 63.5 Å². The minimum atomic E-state index is -0.539. The Bertz CT molecular complexity index is 1830. The van der Waals surface area contributed by atoms with Gasteiger partial charge in [0, 0.05) is 20.6 Å². The molecule has 0 aliphatic rings. The van der Waals surface area contributed by atoms with E-state index in [0.717, 1.165) is 10.1 Å². The molecule has 13 nitrogen and oxygen atoms in total. The van der Waals surface area contributed by atoms with Crippen molar-refractivity contribution in [3.8, 4) is 0 Å². The van der Waals surface area contributed by atoms with Crippen molar-refractivity contribution in [3.63, 3.8) is 0 Å². The topological polar surface area (TPSA) is 144 Å². The van der Waals surface area contributed by atoms with E-state index in [2.05, 4.69) is 20.4 Å². The highest BCUT2D eigenvalue weighted by Gasteiger charge is 2.16. The van der Waals surface area contributed by atoms with E-state index in [0.29, 0.717) is 11.0 Å². The van der Waals surface area contributed by atoms with Gasteiger partial charge in [0.2, 0.25) is 5.91 Å². The fourth-order valence-corrected chi connectivity index (χ4v) is 4.09. The Labute approximate surface area is 207 Å². The van der Waals surface area contributed by atoms with Gasteiger partial charge >= 0.3 is 5.69 Å². The first kappa shape index (κ1) is 23.8. The number of rotatable bonds is 7. The molecular weight excluding hydrogens is 485 g/mol. The number of aryl methyl sites for hydroxylation is 1. The first-order chi connectivity index (χ1) is 17.7. The highest BCUT2D eigenvalue weighted by atomic mass is 19.1. The number of fused-ring (bicyclic) bond motifs is 2. The van der Waals surface area contributed by atoms with Gasteiger partial charge in [-0.15, -0.1) is 0 Å². The van der Waals surface area contributed by atoms with Crippen LogP contribution in [-0.2, 0) is 38.5 Å². The number of benzene rings is 1. The van der Waals surface area contributed by atoms with Crippen molar-refractivity contribution in [2.75, 3.05) is 6.54 Å². The van der Waals surface area contributed by atoms with E-state index in [1.54, 1.807) is 12.1 Å². The van der Waals surface area contributed by atoms with Crippen LogP contribution in [0.4, 0.5) is 4.39 Å². The maximum atomic E-state index is 13.1. The quantitative estimate of drug-likeness (QED) is 0.308. The first-order valence-corrected chi connectivity index (χ1v) is 11.3. The first-order valence-electron chi connectivity index (χ1n) is 11.3. The Kier molecular flexibility index (Phi) is 5.99. The number of nitrogens with one attached hydrogen (secondary N) is 1. The minimum absolute atomic E-state index is 0.152. The number of amides is 1. The summed E-state index contributed by atoms with van der Waals surface area (Å²) < 4.78 is 19.7. The summed E-state index contributed by atoms with van der Waals surface area (Å²) in [6.45, 7) is 0.517. The number of carbonyl (C=O) groups is 1. The summed E-state index contributed by atoms with van der Waals surface area (Å²) >= 11 is 0. The molecule has 0 atom stereocenters. The monoisotopic (exact) mass is 507 g/mol. The van der Waals surface area contributed by atoms with Gasteiger partial charge in [-0.2, -0.15) is 5.10 Å². The van der Waals surface area contributed by atoms with Gasteiger partial charge in [-0.3, -0.25) is 28.1 Å². The van der Waals surface area contributed by atoms with Gasteiger partial charge < -0.3 is 9.88 Å². The van der Waals surface area contributed by atoms with E-state index in [4.69, 9.17) is 0 Å². The van der Waals surface area contributed by atoms with Gasteiger partial charge in [-0.25, -0.2) is 23.8 Å². The van der Waals surface area contributed by atoms with Gasteiger partial charge in [0.1, 0.15) is 24.1 Å². The van der Waals surface area contributed by atoms with Crippen LogP contribution >= 0.6 is 0 Å². The zero-order valence-corrected chi connectivity index (χ0v) is 20.0. The third kappa shape index (κ3) is 4.32. The molecule has 0 bridgehead atoms. The number of hydrogen-bond acceptors (Lipinski definition) is 7. The fraction of sp³-hybridized carbons (Fsp3) is 0.261. The van der Waals surface area contributed by atoms with Crippen molar-refractivity contribution in [3.05, 3.63) is 85.7 Å². The van der Waals surface area contributed by atoms with Crippen LogP contribution in [0.2, 0.25) is 0 Å². The summed E-state index contributed by atoms with van der Waals surface area (Å²) in [4.78, 5) is 58.4. The third-order valence-electron chi connectivity index (χ3n) is 6.07. The second kappa shape index (κ2) is 9.29. The maximum Gasteiger partial charge on any atom is 0.332 e. The summed E-state index contributed by atoms with van der Waals surface area (Å²) in [5, 5.41) is 7.28. The Morgan fingerprint density at radius 3 is 2.41 bits per heavy atom. The predicted molar refractivity (Wildman–Crippen MR) is 131 cm³/mol. The SMILES string of the molecule is Cn1c(=O)c2c(ncn2CC(=O)NCCn2ncc3c(=O)n(Cc4ccc(F)cc4)cnc32)n(C)c1=O. The van der Waals surface area contributed by atoms with E-state index >= 15 is 0 Å². The Morgan fingerprint density at radius 1 is 0.946 bits per heavy atom. The lowest BCUT2D eigenvalue weighted by Gasteiger charge is -2.09. The molecule has 4 aromatic heterocycles. The van der Waals surface area contributed by atoms with E-state index in [-0.39, 0.29) is 54.6 Å². The second-order valence-electron chi connectivity index (χ2n) is 8.51. The van der Waals surface area contributed by atoms with Crippen molar-refractivity contribution >= 4 is 28.1 Å². The fourth-order valence-electron chi connectivity index (χ4n) is 4.09. The highest BCUT2D eigenvalue weighted by Crippen LogP contribution is 2.08. The predicted octanol–water partition coefficient (Wildman–Crippen LogP) is -0.656. The second-order valence-corrected chi connectivity index (χ2v) is 8.51. The van der Waals surface area contributed by atoms with Gasteiger partial charge in [0.05, 0.1) is 25.6 Å². The van der Waals surface area contributed by atoms with Crippen LogP contribution < -0.4 is 22.1 Å². The van der Waals surface area contributed by atoms with Crippen LogP contribution in [0, 0.1) is 5.82 Å². The molecule has 4 heterocycles. The standard InChI is InChI=1S/C23H22FN9O4/c1-29-20-18(22(36)30(2)23(29)37)31(12-27-20)11-17(34)25-7-8-33-19-16(9-28-33)21(35)32(13-26-19)10-14-3-5-15(24)6-4-14/h3-6,9,12-13H,7-8,10-11H2,1-2H3,(H,25,34). The number of hydrogen-bond donors (Lipinski definition) is 1. The number of halogens is 1. The lowest BCUT2D eigenvalue weighted by molar-refractivity contribution is -0.121. The van der Waals surface area contributed by atoms with Gasteiger partial charge in [0.15, 0.2) is 16.8 Å². The molecule has 5 aromatic rings. The van der Waals surface area contributed by atoms with Crippen LogP contribution in [0.15, 0.2) is 57.5 Å². The zero-order valence-electron chi connectivity index (χ0n) is 20.0. The smallest absolute Gasteiger partial charge is 0.332 e. The van der Waals surface area contributed by atoms with Gasteiger partial charge in [0.25, 0.3) is 11.1 Å². The lowest BCUT2D eigenvalue weighted by atomic mass is 10.2. The molecule has 190 valence electrons. The number of aromatic nitrogens is 8. The molecule has 1 N–H and O–H groups in total. The van der Waals surface area contributed by atoms with Crippen molar-refractivity contribution in [2.24, 2.45) is 14.1 Å². The number of nitrogens with zero attached hydrogens (tertiary/aromatic N) is 8. The van der Waals surface area contributed by atoms with Crippen LogP contribution in [-0.4, -0.2) is 50.5 Å². The molecule has 37 heavy (non-hydrogen) atoms.